The molecule has 0 bridgehead atoms. The van der Waals surface area contributed by atoms with Crippen molar-refractivity contribution in [3.63, 3.8) is 0 Å². The topological polar surface area (TPSA) is 230 Å². The van der Waals surface area contributed by atoms with Crippen LogP contribution in [0.4, 0.5) is 0 Å². The number of pyridine rings is 3. The van der Waals surface area contributed by atoms with E-state index in [0.29, 0.717) is 117 Å². The number of hydrogen-bond acceptors (Lipinski definition) is 12. The molecule has 0 spiro atoms. The Morgan fingerprint density at radius 2 is 0.917 bits per heavy atom. The Balaban J connectivity index is 0.000000140. The second kappa shape index (κ2) is 27.3. The van der Waals surface area contributed by atoms with E-state index in [1.807, 2.05) is 64.3 Å². The molecule has 438 valence electrons. The maximum atomic E-state index is 13.1. The summed E-state index contributed by atoms with van der Waals surface area (Å²) in [6.45, 7) is 6.73. The molecule has 9 heterocycles. The minimum absolute atomic E-state index is 0.0142. The quantitative estimate of drug-likeness (QED) is 0.0815. The molecule has 3 saturated heterocycles. The van der Waals surface area contributed by atoms with Gasteiger partial charge in [-0.2, -0.15) is 0 Å². The highest BCUT2D eigenvalue weighted by atomic mass is 35.5. The first-order valence-corrected chi connectivity index (χ1v) is 29.6. The van der Waals surface area contributed by atoms with Gasteiger partial charge in [0.2, 0.25) is 0 Å². The summed E-state index contributed by atoms with van der Waals surface area (Å²) in [7, 11) is 2.06. The van der Waals surface area contributed by atoms with E-state index in [9.17, 15) is 14.4 Å². The Labute approximate surface area is 515 Å². The number of aromatic nitrogens is 6. The number of hydrogen-bond donors (Lipinski definition) is 5. The van der Waals surface area contributed by atoms with Crippen molar-refractivity contribution in [1.82, 2.24) is 48.6 Å². The fourth-order valence-corrected chi connectivity index (χ4v) is 12.0. The predicted octanol–water partition coefficient (Wildman–Crippen LogP) is 10.5. The van der Waals surface area contributed by atoms with Crippen LogP contribution < -0.4 is 27.8 Å². The maximum Gasteiger partial charge on any atom is 0.272 e. The van der Waals surface area contributed by atoms with Crippen LogP contribution in [0.15, 0.2) is 110 Å². The molecule has 18 nitrogen and oxygen atoms in total. The average Bonchev–Trinajstić information content (AvgIpc) is 2.80. The average molecular weight is 1260 g/mol. The molecular weight excluding hydrogens is 1200 g/mol. The van der Waals surface area contributed by atoms with Crippen molar-refractivity contribution in [3.05, 3.63) is 174 Å². The van der Waals surface area contributed by atoms with Crippen LogP contribution in [0.25, 0.3) is 50.3 Å². The second-order valence-electron chi connectivity index (χ2n) is 20.6. The number of carbonyl (C=O) groups is 3. The third-order valence-corrected chi connectivity index (χ3v) is 16.7. The molecule has 24 heteroatoms. The lowest BCUT2D eigenvalue weighted by atomic mass is 10.0. The third kappa shape index (κ3) is 13.7. The third-order valence-electron chi connectivity index (χ3n) is 15.0. The van der Waals surface area contributed by atoms with E-state index < -0.39 is 0 Å². The van der Waals surface area contributed by atoms with Crippen molar-refractivity contribution < 1.29 is 23.9 Å². The Hall–Kier alpha value is -6.36. The summed E-state index contributed by atoms with van der Waals surface area (Å²) >= 11 is 37.3. The lowest BCUT2D eigenvalue weighted by Crippen LogP contribution is -2.47. The van der Waals surface area contributed by atoms with Crippen molar-refractivity contribution >= 4 is 104 Å². The number of nitrogens with zero attached hydrogens (tertiary/aromatic N) is 8. The van der Waals surface area contributed by atoms with Crippen molar-refractivity contribution in [2.45, 2.75) is 57.4 Å². The summed E-state index contributed by atoms with van der Waals surface area (Å²) in [6.07, 6.45) is 13.9. The summed E-state index contributed by atoms with van der Waals surface area (Å²) in [5.41, 5.74) is 29.0. The molecule has 3 aliphatic rings. The molecule has 3 aliphatic heterocycles. The van der Waals surface area contributed by atoms with Crippen LogP contribution in [0.1, 0.15) is 73.8 Å². The second-order valence-corrected chi connectivity index (χ2v) is 23.1. The van der Waals surface area contributed by atoms with E-state index >= 15 is 0 Å². The standard InChI is InChI=1S/C20H21Cl2N5O.2C20H20Cl2N4O2/c1-25-4-6-26(7-5-25)20(28)18-11-24-19-8-13(10-23)16(12-27(18)19)15-3-2-14(21)9-17(15)22;21-13-1-2-15(17(22)8-13)16-11-26-18(10-24-19(26)7-12(16)9-23)20(27)25-14-3-5-28-6-4-14;21-13-3-4-15(17(22)7-13)16-10-26-18(9-24-19(26)6-12(16)8-23)20(27)25-14-2-1-5-28-11-14/h2-3,8-9,11-12H,4-7,10,23H2,1H3;1-2,7-8,10-11,14H,3-6,9,23H2,(H,25,27);3-4,6-7,9-10,14H,1-2,5,8,11,23H2,(H,25,27). The Morgan fingerprint density at radius 1 is 0.512 bits per heavy atom. The minimum atomic E-state index is -0.184. The number of ether oxygens (including phenoxy) is 2. The van der Waals surface area contributed by atoms with Crippen LogP contribution in [0.3, 0.4) is 0 Å². The first-order chi connectivity index (χ1) is 40.6. The number of piperazine rings is 1. The number of nitrogens with one attached hydrogen (secondary N) is 2. The maximum absolute atomic E-state index is 13.1. The van der Waals surface area contributed by atoms with Gasteiger partial charge in [0.25, 0.3) is 17.7 Å². The molecule has 1 atom stereocenters. The number of carbonyl (C=O) groups excluding carboxylic acids is 3. The zero-order chi connectivity index (χ0) is 59.2. The Morgan fingerprint density at radius 3 is 1.31 bits per heavy atom. The van der Waals surface area contributed by atoms with Crippen LogP contribution in [-0.4, -0.2) is 127 Å². The zero-order valence-corrected chi connectivity index (χ0v) is 50.3. The minimum Gasteiger partial charge on any atom is -0.381 e. The number of rotatable bonds is 11. The van der Waals surface area contributed by atoms with Gasteiger partial charge in [-0.25, -0.2) is 15.0 Å². The van der Waals surface area contributed by atoms with Crippen molar-refractivity contribution in [2.24, 2.45) is 17.2 Å². The van der Waals surface area contributed by atoms with Crippen molar-refractivity contribution in [3.8, 4) is 33.4 Å². The van der Waals surface area contributed by atoms with Crippen molar-refractivity contribution in [1.29, 1.82) is 0 Å². The molecule has 84 heavy (non-hydrogen) atoms. The molecule has 0 radical (unpaired) electrons. The number of likely N-dealkylation sites (N-methyl/N-ethyl adjacent to an activating group) is 1. The van der Waals surface area contributed by atoms with Gasteiger partial charge in [-0.05, 0) is 104 Å². The molecule has 0 aliphatic carbocycles. The largest absolute Gasteiger partial charge is 0.381 e. The molecular formula is C60H61Cl6N13O5. The van der Waals surface area contributed by atoms with Gasteiger partial charge in [0.1, 0.15) is 34.0 Å². The number of benzene rings is 3. The highest BCUT2D eigenvalue weighted by Gasteiger charge is 2.26. The van der Waals surface area contributed by atoms with E-state index in [-0.39, 0.29) is 29.8 Å². The van der Waals surface area contributed by atoms with Crippen LogP contribution in [-0.2, 0) is 29.1 Å². The summed E-state index contributed by atoms with van der Waals surface area (Å²) in [5.74, 6) is -0.362. The van der Waals surface area contributed by atoms with E-state index in [1.54, 1.807) is 63.8 Å². The summed E-state index contributed by atoms with van der Waals surface area (Å²) in [5, 5.41) is 9.36. The monoisotopic (exact) mass is 1250 g/mol. The molecule has 9 aromatic rings. The Kier molecular flexibility index (Phi) is 19.8. The van der Waals surface area contributed by atoms with E-state index in [1.165, 1.54) is 0 Å². The SMILES string of the molecule is CN1CCN(C(=O)c2cnc3cc(CN)c(-c4ccc(Cl)cc4Cl)cn23)CC1.NCc1cc2ncc(C(=O)NC3CCCOC3)n2cc1-c1ccc(Cl)cc1Cl.NCc1cc2ncc(C(=O)NC3CCOCC3)n2cc1-c1ccc(Cl)cc1Cl. The van der Waals surface area contributed by atoms with E-state index in [4.69, 9.17) is 96.3 Å². The molecule has 3 fully saturated rings. The van der Waals surface area contributed by atoms with Gasteiger partial charge in [0, 0.05) is 154 Å². The predicted molar refractivity (Wildman–Crippen MR) is 332 cm³/mol. The molecule has 3 aromatic carbocycles. The van der Waals surface area contributed by atoms with Gasteiger partial charge < -0.3 is 47.1 Å². The number of nitrogens with two attached hydrogens (primary N) is 3. The van der Waals surface area contributed by atoms with E-state index in [0.717, 1.165) is 95.5 Å². The van der Waals surface area contributed by atoms with Gasteiger partial charge in [-0.3, -0.25) is 27.6 Å². The van der Waals surface area contributed by atoms with Crippen molar-refractivity contribution in [2.75, 3.05) is 59.7 Å². The normalized spacial score (nSPS) is 15.8. The molecule has 0 saturated carbocycles. The number of amides is 3. The van der Waals surface area contributed by atoms with E-state index in [2.05, 4.69) is 37.5 Å². The van der Waals surface area contributed by atoms with Crippen LogP contribution in [0.5, 0.6) is 0 Å². The lowest BCUT2D eigenvalue weighted by Gasteiger charge is -2.32. The van der Waals surface area contributed by atoms with Gasteiger partial charge >= 0.3 is 0 Å². The number of imidazole rings is 3. The van der Waals surface area contributed by atoms with Crippen LogP contribution >= 0.6 is 69.6 Å². The van der Waals surface area contributed by atoms with Gasteiger partial charge in [0.15, 0.2) is 0 Å². The van der Waals surface area contributed by atoms with Gasteiger partial charge in [-0.15, -0.1) is 0 Å². The summed E-state index contributed by atoms with van der Waals surface area (Å²) in [6, 6.07) is 21.8. The lowest BCUT2D eigenvalue weighted by molar-refractivity contribution is 0.0621. The molecule has 1 unspecified atom stereocenters. The fraction of sp³-hybridized carbons (Fsp3) is 0.300. The van der Waals surface area contributed by atoms with Crippen LogP contribution in [0, 0.1) is 0 Å². The fourth-order valence-electron chi connectivity index (χ4n) is 10.4. The highest BCUT2D eigenvalue weighted by Crippen LogP contribution is 2.37. The Bertz CT molecular complexity index is 3720. The number of fused-ring (bicyclic) bond motifs is 3. The first kappa shape index (κ1) is 60.8. The first-order valence-electron chi connectivity index (χ1n) is 27.3. The van der Waals surface area contributed by atoms with Gasteiger partial charge in [-0.1, -0.05) is 87.8 Å². The zero-order valence-electron chi connectivity index (χ0n) is 45.8. The molecule has 3 amide bonds. The summed E-state index contributed by atoms with van der Waals surface area (Å²) in [4.78, 5) is 56.0. The number of halogens is 6. The smallest absolute Gasteiger partial charge is 0.272 e. The highest BCUT2D eigenvalue weighted by molar-refractivity contribution is 6.37. The molecule has 12 rings (SSSR count). The van der Waals surface area contributed by atoms with Gasteiger partial charge in [0.05, 0.1) is 31.2 Å². The molecule has 6 aromatic heterocycles. The molecule has 8 N–H and O–H groups in total. The van der Waals surface area contributed by atoms with Crippen LogP contribution in [0.2, 0.25) is 30.1 Å². The summed E-state index contributed by atoms with van der Waals surface area (Å²) < 4.78 is 16.1.